The van der Waals surface area contributed by atoms with Crippen LogP contribution in [-0.2, 0) is 11.3 Å². The Morgan fingerprint density at radius 1 is 1.48 bits per heavy atom. The molecule has 2 heterocycles. The van der Waals surface area contributed by atoms with Crippen molar-refractivity contribution in [1.82, 2.24) is 25.0 Å². The van der Waals surface area contributed by atoms with Crippen molar-refractivity contribution >= 4 is 17.8 Å². The quantitative estimate of drug-likeness (QED) is 0.686. The number of rotatable bonds is 6. The van der Waals surface area contributed by atoms with Gasteiger partial charge in [0, 0.05) is 12.7 Å². The zero-order chi connectivity index (χ0) is 15.2. The summed E-state index contributed by atoms with van der Waals surface area (Å²) < 4.78 is 5.91. The number of carbonyl (C=O) groups excluding carboxylic acids is 1. The Morgan fingerprint density at radius 2 is 2.29 bits per heavy atom. The molecule has 0 aromatic carbocycles. The fraction of sp³-hybridized carbons (Fsp3) is 0.273. The number of anilines is 1. The summed E-state index contributed by atoms with van der Waals surface area (Å²) in [6.07, 6.45) is 2.75. The molecule has 0 aliphatic carbocycles. The van der Waals surface area contributed by atoms with Crippen molar-refractivity contribution < 1.29 is 19.4 Å². The zero-order valence-electron chi connectivity index (χ0n) is 11.1. The Kier molecular flexibility index (Phi) is 4.39. The molecule has 0 saturated heterocycles. The molecule has 0 unspecified atom stereocenters. The summed E-state index contributed by atoms with van der Waals surface area (Å²) in [5.41, 5.74) is -0.120. The van der Waals surface area contributed by atoms with Crippen LogP contribution in [0.3, 0.4) is 0 Å². The molecule has 2 rings (SSSR count). The number of nitrogens with zero attached hydrogens (tertiary/aromatic N) is 5. The average Bonchev–Trinajstić information content (AvgIpc) is 2.96. The van der Waals surface area contributed by atoms with E-state index >= 15 is 0 Å². The average molecular weight is 292 g/mol. The van der Waals surface area contributed by atoms with Crippen molar-refractivity contribution in [3.63, 3.8) is 0 Å². The van der Waals surface area contributed by atoms with E-state index in [9.17, 15) is 9.59 Å². The minimum Gasteiger partial charge on any atom is -0.476 e. The summed E-state index contributed by atoms with van der Waals surface area (Å²) >= 11 is 0. The van der Waals surface area contributed by atoms with Gasteiger partial charge >= 0.3 is 11.9 Å². The van der Waals surface area contributed by atoms with E-state index in [1.54, 1.807) is 6.07 Å². The fourth-order valence-corrected chi connectivity index (χ4v) is 1.45. The maximum absolute atomic E-state index is 11.3. The van der Waals surface area contributed by atoms with Crippen molar-refractivity contribution in [2.24, 2.45) is 0 Å². The number of aromatic nitrogens is 5. The van der Waals surface area contributed by atoms with Gasteiger partial charge in [0.15, 0.2) is 5.69 Å². The third-order valence-corrected chi connectivity index (χ3v) is 2.43. The molecule has 2 aromatic rings. The monoisotopic (exact) mass is 292 g/mol. The second-order valence-electron chi connectivity index (χ2n) is 3.86. The molecule has 0 aliphatic heterocycles. The van der Waals surface area contributed by atoms with E-state index < -0.39 is 11.9 Å². The Morgan fingerprint density at radius 3 is 2.95 bits per heavy atom. The number of carboxylic acids is 1. The van der Waals surface area contributed by atoms with Gasteiger partial charge in [-0.05, 0) is 6.07 Å². The second kappa shape index (κ2) is 6.41. The van der Waals surface area contributed by atoms with Crippen LogP contribution in [0.15, 0.2) is 18.5 Å². The third kappa shape index (κ3) is 3.72. The van der Waals surface area contributed by atoms with Gasteiger partial charge in [-0.3, -0.25) is 0 Å². The molecular weight excluding hydrogens is 280 g/mol. The lowest BCUT2D eigenvalue weighted by molar-refractivity contribution is 0.0586. The number of nitrogens with one attached hydrogen (secondary N) is 1. The highest BCUT2D eigenvalue weighted by atomic mass is 16.5. The van der Waals surface area contributed by atoms with Crippen LogP contribution >= 0.6 is 0 Å². The van der Waals surface area contributed by atoms with Gasteiger partial charge in [-0.2, -0.15) is 0 Å². The molecule has 0 aliphatic rings. The third-order valence-electron chi connectivity index (χ3n) is 2.43. The number of ether oxygens (including phenoxy) is 1. The smallest absolute Gasteiger partial charge is 0.376 e. The van der Waals surface area contributed by atoms with Gasteiger partial charge in [0.1, 0.15) is 5.82 Å². The van der Waals surface area contributed by atoms with Crippen molar-refractivity contribution in [2.75, 3.05) is 19.0 Å². The maximum atomic E-state index is 11.3. The predicted octanol–water partition coefficient (Wildman–Crippen LogP) is -0.335. The Balaban J connectivity index is 1.91. The number of hydrogen-bond donors (Lipinski definition) is 2. The molecule has 2 N–H and O–H groups in total. The fourth-order valence-electron chi connectivity index (χ4n) is 1.45. The lowest BCUT2D eigenvalue weighted by Gasteiger charge is -2.05. The first-order valence-electron chi connectivity index (χ1n) is 5.89. The van der Waals surface area contributed by atoms with Gasteiger partial charge in [0.05, 0.1) is 19.9 Å². The summed E-state index contributed by atoms with van der Waals surface area (Å²) in [4.78, 5) is 29.7. The highest BCUT2D eigenvalue weighted by Gasteiger charge is 2.10. The van der Waals surface area contributed by atoms with E-state index in [0.29, 0.717) is 18.9 Å². The normalized spacial score (nSPS) is 10.1. The van der Waals surface area contributed by atoms with E-state index in [4.69, 9.17) is 5.11 Å². The van der Waals surface area contributed by atoms with Crippen LogP contribution in [0.5, 0.6) is 0 Å². The Labute approximate surface area is 118 Å². The van der Waals surface area contributed by atoms with E-state index in [1.807, 2.05) is 0 Å². The first-order valence-corrected chi connectivity index (χ1v) is 5.89. The number of carbonyl (C=O) groups is 2. The first-order chi connectivity index (χ1) is 10.1. The lowest BCUT2D eigenvalue weighted by atomic mass is 10.5. The topological polar surface area (TPSA) is 132 Å². The summed E-state index contributed by atoms with van der Waals surface area (Å²) in [6, 6.07) is 1.59. The van der Waals surface area contributed by atoms with Crippen molar-refractivity contribution in [3.8, 4) is 0 Å². The van der Waals surface area contributed by atoms with Crippen LogP contribution in [-0.4, -0.2) is 55.7 Å². The van der Waals surface area contributed by atoms with Crippen LogP contribution in [0.4, 0.5) is 5.82 Å². The number of aromatic carboxylic acids is 1. The molecule has 0 saturated carbocycles. The molecule has 10 nitrogen and oxygen atoms in total. The number of carboxylic acid groups (broad SMARTS) is 1. The van der Waals surface area contributed by atoms with Crippen LogP contribution in [0.25, 0.3) is 0 Å². The van der Waals surface area contributed by atoms with Gasteiger partial charge < -0.3 is 15.2 Å². The molecule has 21 heavy (non-hydrogen) atoms. The number of esters is 1. The van der Waals surface area contributed by atoms with Crippen LogP contribution in [0.1, 0.15) is 21.1 Å². The Bertz CT molecular complexity index is 656. The van der Waals surface area contributed by atoms with E-state index in [2.05, 4.69) is 30.3 Å². The molecule has 0 amide bonds. The van der Waals surface area contributed by atoms with Gasteiger partial charge in [-0.25, -0.2) is 24.2 Å². The lowest BCUT2D eigenvalue weighted by Crippen LogP contribution is -2.14. The van der Waals surface area contributed by atoms with Gasteiger partial charge in [0.2, 0.25) is 5.82 Å². The highest BCUT2D eigenvalue weighted by Crippen LogP contribution is 2.03. The number of hydrogen-bond acceptors (Lipinski definition) is 8. The second-order valence-corrected chi connectivity index (χ2v) is 3.86. The van der Waals surface area contributed by atoms with Crippen LogP contribution in [0, 0.1) is 0 Å². The number of methoxy groups -OCH3 is 1. The van der Waals surface area contributed by atoms with Gasteiger partial charge in [-0.1, -0.05) is 5.21 Å². The molecule has 0 bridgehead atoms. The summed E-state index contributed by atoms with van der Waals surface area (Å²) in [6.45, 7) is 0.803. The zero-order valence-corrected chi connectivity index (χ0v) is 11.1. The summed E-state index contributed by atoms with van der Waals surface area (Å²) in [5.74, 6) is -1.35. The van der Waals surface area contributed by atoms with E-state index in [1.165, 1.54) is 24.2 Å². The first kappa shape index (κ1) is 14.4. The van der Waals surface area contributed by atoms with Gasteiger partial charge in [-0.15, -0.1) is 5.10 Å². The van der Waals surface area contributed by atoms with Crippen molar-refractivity contribution in [1.29, 1.82) is 0 Å². The molecule has 2 aromatic heterocycles. The molecule has 0 fully saturated rings. The van der Waals surface area contributed by atoms with E-state index in [-0.39, 0.29) is 11.5 Å². The van der Waals surface area contributed by atoms with Crippen LogP contribution < -0.4 is 5.32 Å². The molecule has 0 spiro atoms. The molecular formula is C11H12N6O4. The SMILES string of the molecule is COC(=O)c1nccc(NCCn2cc(C(=O)O)nn2)n1. The molecule has 0 radical (unpaired) electrons. The highest BCUT2D eigenvalue weighted by molar-refractivity contribution is 5.85. The van der Waals surface area contributed by atoms with Crippen LogP contribution in [0.2, 0.25) is 0 Å². The van der Waals surface area contributed by atoms with Crippen molar-refractivity contribution in [2.45, 2.75) is 6.54 Å². The Hall–Kier alpha value is -3.04. The summed E-state index contributed by atoms with van der Waals surface area (Å²) in [7, 11) is 1.25. The van der Waals surface area contributed by atoms with E-state index in [0.717, 1.165) is 0 Å². The molecule has 10 heteroatoms. The largest absolute Gasteiger partial charge is 0.476 e. The maximum Gasteiger partial charge on any atom is 0.376 e. The van der Waals surface area contributed by atoms with Crippen molar-refractivity contribution in [3.05, 3.63) is 30.0 Å². The minimum absolute atomic E-state index is 0.0450. The summed E-state index contributed by atoms with van der Waals surface area (Å²) in [5, 5.41) is 18.8. The standard InChI is InChI=1S/C11H12N6O4/c1-21-11(20)9-13-3-2-8(14-9)12-4-5-17-6-7(10(18)19)15-16-17/h2-3,6H,4-5H2,1H3,(H,18,19)(H,12,13,14). The van der Waals surface area contributed by atoms with Gasteiger partial charge in [0.25, 0.3) is 0 Å². The molecule has 0 atom stereocenters. The minimum atomic E-state index is -1.13. The molecule has 110 valence electrons. The predicted molar refractivity (Wildman–Crippen MR) is 68.8 cm³/mol.